The van der Waals surface area contributed by atoms with Crippen LogP contribution in [-0.4, -0.2) is 16.8 Å². The number of fused-ring (bicyclic) bond motifs is 1. The van der Waals surface area contributed by atoms with Crippen LogP contribution in [0.2, 0.25) is 0 Å². The quantitative estimate of drug-likeness (QED) is 0.667. The Morgan fingerprint density at radius 2 is 2.11 bits per heavy atom. The van der Waals surface area contributed by atoms with Gasteiger partial charge in [0.1, 0.15) is 11.5 Å². The number of para-hydroxylation sites is 1. The molecule has 0 saturated heterocycles. The van der Waals surface area contributed by atoms with Crippen molar-refractivity contribution in [2.24, 2.45) is 0 Å². The van der Waals surface area contributed by atoms with Crippen LogP contribution in [0.15, 0.2) is 23.0 Å². The number of nitrogens with two attached hydrogens (primary N) is 2. The molecule has 0 amide bonds. The summed E-state index contributed by atoms with van der Waals surface area (Å²) in [6, 6.07) is 5.29. The third-order valence-corrected chi connectivity index (χ3v) is 2.64. The molecule has 0 radical (unpaired) electrons. The lowest BCUT2D eigenvalue weighted by molar-refractivity contribution is 0.174. The number of H-pyrrole nitrogens is 1. The zero-order valence-corrected chi connectivity index (χ0v) is 9.27. The van der Waals surface area contributed by atoms with Crippen molar-refractivity contribution in [3.8, 4) is 22.9 Å². The van der Waals surface area contributed by atoms with Gasteiger partial charge in [-0.25, -0.2) is 4.98 Å². The van der Waals surface area contributed by atoms with Crippen molar-refractivity contribution in [1.82, 2.24) is 9.97 Å². The molecule has 0 unspecified atom stereocenters. The normalized spacial score (nSPS) is 12.7. The maximum atomic E-state index is 11.6. The van der Waals surface area contributed by atoms with E-state index in [4.69, 9.17) is 20.9 Å². The number of benzene rings is 1. The zero-order valence-electron chi connectivity index (χ0n) is 9.27. The third kappa shape index (κ3) is 1.45. The van der Waals surface area contributed by atoms with E-state index in [-0.39, 0.29) is 18.3 Å². The van der Waals surface area contributed by atoms with E-state index in [9.17, 15) is 4.79 Å². The van der Waals surface area contributed by atoms with Crippen LogP contribution in [0, 0.1) is 0 Å². The lowest BCUT2D eigenvalue weighted by Crippen LogP contribution is -2.17. The number of aromatic amines is 1. The van der Waals surface area contributed by atoms with Gasteiger partial charge in [-0.15, -0.1) is 0 Å². The van der Waals surface area contributed by atoms with E-state index in [1.165, 1.54) is 0 Å². The lowest BCUT2D eigenvalue weighted by Gasteiger charge is -2.06. The van der Waals surface area contributed by atoms with Crippen molar-refractivity contribution in [1.29, 1.82) is 0 Å². The minimum atomic E-state index is -0.478. The highest BCUT2D eigenvalue weighted by Gasteiger charge is 2.20. The molecule has 1 aliphatic rings. The third-order valence-electron chi connectivity index (χ3n) is 2.64. The van der Waals surface area contributed by atoms with Crippen LogP contribution in [0.5, 0.6) is 11.5 Å². The number of aromatic nitrogens is 2. The van der Waals surface area contributed by atoms with Gasteiger partial charge in [0.2, 0.25) is 6.79 Å². The molecule has 0 atom stereocenters. The fraction of sp³-hybridized carbons (Fsp3) is 0.0909. The van der Waals surface area contributed by atoms with Crippen molar-refractivity contribution < 1.29 is 9.47 Å². The molecule has 1 aliphatic heterocycles. The molecule has 7 heteroatoms. The Kier molecular flexibility index (Phi) is 2.12. The topological polar surface area (TPSA) is 116 Å². The predicted molar refractivity (Wildman–Crippen MR) is 65.2 cm³/mol. The Balaban J connectivity index is 2.22. The van der Waals surface area contributed by atoms with Crippen LogP contribution >= 0.6 is 0 Å². The Labute approximate surface area is 101 Å². The van der Waals surface area contributed by atoms with Crippen molar-refractivity contribution >= 4 is 11.5 Å². The summed E-state index contributed by atoms with van der Waals surface area (Å²) in [6.07, 6.45) is 0. The van der Waals surface area contributed by atoms with Crippen LogP contribution in [0.25, 0.3) is 11.4 Å². The highest BCUT2D eigenvalue weighted by Crippen LogP contribution is 2.39. The van der Waals surface area contributed by atoms with E-state index < -0.39 is 5.56 Å². The number of hydrogen-bond acceptors (Lipinski definition) is 6. The minimum absolute atomic E-state index is 0.00901. The second-order valence-corrected chi connectivity index (χ2v) is 3.75. The standard InChI is InChI=1S/C11H10N4O3/c12-7-9(13)14-10(15-11(7)16)5-2-1-3-6-8(5)18-4-17-6/h1-3H,4,12H2,(H3,13,14,15,16). The van der Waals surface area contributed by atoms with Crippen molar-refractivity contribution in [3.63, 3.8) is 0 Å². The number of rotatable bonds is 1. The Hall–Kier alpha value is -2.70. The summed E-state index contributed by atoms with van der Waals surface area (Å²) in [4.78, 5) is 18.2. The van der Waals surface area contributed by atoms with Gasteiger partial charge in [0.25, 0.3) is 5.56 Å². The molecule has 7 nitrogen and oxygen atoms in total. The highest BCUT2D eigenvalue weighted by molar-refractivity contribution is 5.71. The molecule has 0 fully saturated rings. The van der Waals surface area contributed by atoms with Gasteiger partial charge in [-0.05, 0) is 12.1 Å². The number of nitrogens with zero attached hydrogens (tertiary/aromatic N) is 1. The summed E-state index contributed by atoms with van der Waals surface area (Å²) in [7, 11) is 0. The van der Waals surface area contributed by atoms with Gasteiger partial charge in [0, 0.05) is 0 Å². The molecule has 92 valence electrons. The average Bonchev–Trinajstić information content (AvgIpc) is 2.83. The first-order valence-electron chi connectivity index (χ1n) is 5.21. The van der Waals surface area contributed by atoms with E-state index in [0.717, 1.165) is 0 Å². The minimum Gasteiger partial charge on any atom is -0.454 e. The predicted octanol–water partition coefficient (Wildman–Crippen LogP) is 0.330. The van der Waals surface area contributed by atoms with Gasteiger partial charge < -0.3 is 25.9 Å². The molecule has 1 aromatic carbocycles. The molecular formula is C11H10N4O3. The molecule has 18 heavy (non-hydrogen) atoms. The van der Waals surface area contributed by atoms with Crippen molar-refractivity contribution in [2.75, 3.05) is 18.3 Å². The summed E-state index contributed by atoms with van der Waals surface area (Å²) >= 11 is 0. The van der Waals surface area contributed by atoms with Gasteiger partial charge in [-0.1, -0.05) is 6.07 Å². The Morgan fingerprint density at radius 3 is 2.89 bits per heavy atom. The molecule has 5 N–H and O–H groups in total. The molecule has 0 aliphatic carbocycles. The maximum Gasteiger partial charge on any atom is 0.276 e. The Bertz CT molecular complexity index is 680. The molecule has 2 aromatic rings. The Morgan fingerprint density at radius 1 is 1.28 bits per heavy atom. The molecule has 2 heterocycles. The highest BCUT2D eigenvalue weighted by atomic mass is 16.7. The number of nitrogens with one attached hydrogen (secondary N) is 1. The smallest absolute Gasteiger partial charge is 0.276 e. The van der Waals surface area contributed by atoms with Crippen LogP contribution in [0.3, 0.4) is 0 Å². The van der Waals surface area contributed by atoms with Gasteiger partial charge in [0.15, 0.2) is 17.3 Å². The number of anilines is 2. The molecular weight excluding hydrogens is 236 g/mol. The number of nitrogen functional groups attached to an aromatic ring is 2. The fourth-order valence-electron chi connectivity index (χ4n) is 1.74. The molecule has 0 saturated carbocycles. The molecule has 1 aromatic heterocycles. The second-order valence-electron chi connectivity index (χ2n) is 3.75. The van der Waals surface area contributed by atoms with Crippen LogP contribution < -0.4 is 26.5 Å². The fourth-order valence-corrected chi connectivity index (χ4v) is 1.74. The monoisotopic (exact) mass is 246 g/mol. The van der Waals surface area contributed by atoms with Crippen molar-refractivity contribution in [2.45, 2.75) is 0 Å². The first-order chi connectivity index (χ1) is 8.66. The largest absolute Gasteiger partial charge is 0.454 e. The van der Waals surface area contributed by atoms with Gasteiger partial charge in [-0.2, -0.15) is 0 Å². The van der Waals surface area contributed by atoms with Gasteiger partial charge in [0.05, 0.1) is 5.56 Å². The summed E-state index contributed by atoms with van der Waals surface area (Å²) in [6.45, 7) is 0.140. The SMILES string of the molecule is Nc1nc(-c2cccc3c2OCO3)[nH]c(=O)c1N. The summed E-state index contributed by atoms with van der Waals surface area (Å²) in [5, 5.41) is 0. The van der Waals surface area contributed by atoms with Gasteiger partial charge in [-0.3, -0.25) is 4.79 Å². The molecule has 0 bridgehead atoms. The van der Waals surface area contributed by atoms with E-state index in [0.29, 0.717) is 22.9 Å². The zero-order chi connectivity index (χ0) is 12.7. The summed E-state index contributed by atoms with van der Waals surface area (Å²) in [5.74, 6) is 1.43. The number of hydrogen-bond donors (Lipinski definition) is 3. The van der Waals surface area contributed by atoms with E-state index in [2.05, 4.69) is 9.97 Å². The summed E-state index contributed by atoms with van der Waals surface area (Å²) in [5.41, 5.74) is 11.1. The van der Waals surface area contributed by atoms with E-state index in [1.807, 2.05) is 0 Å². The molecule has 0 spiro atoms. The lowest BCUT2D eigenvalue weighted by atomic mass is 10.1. The second kappa shape index (κ2) is 3.66. The number of ether oxygens (including phenoxy) is 2. The van der Waals surface area contributed by atoms with E-state index in [1.54, 1.807) is 18.2 Å². The van der Waals surface area contributed by atoms with E-state index >= 15 is 0 Å². The van der Waals surface area contributed by atoms with Crippen LogP contribution in [0.1, 0.15) is 0 Å². The summed E-state index contributed by atoms with van der Waals surface area (Å²) < 4.78 is 10.6. The van der Waals surface area contributed by atoms with Crippen LogP contribution in [-0.2, 0) is 0 Å². The van der Waals surface area contributed by atoms with Crippen molar-refractivity contribution in [3.05, 3.63) is 28.6 Å². The first-order valence-corrected chi connectivity index (χ1v) is 5.21. The average molecular weight is 246 g/mol. The first kappa shape index (κ1) is 10.5. The maximum absolute atomic E-state index is 11.6. The van der Waals surface area contributed by atoms with Crippen LogP contribution in [0.4, 0.5) is 11.5 Å². The van der Waals surface area contributed by atoms with Gasteiger partial charge >= 0.3 is 0 Å². The molecule has 3 rings (SSSR count).